The van der Waals surface area contributed by atoms with Crippen LogP contribution in [-0.2, 0) is 4.79 Å². The van der Waals surface area contributed by atoms with Crippen LogP contribution in [0.5, 0.6) is 5.19 Å². The van der Waals surface area contributed by atoms with Crippen LogP contribution in [0.1, 0.15) is 34.1 Å². The second-order valence-corrected chi connectivity index (χ2v) is 8.09. The molecular weight excluding hydrogens is 332 g/mol. The number of benzene rings is 1. The summed E-state index contributed by atoms with van der Waals surface area (Å²) >= 11 is 1.46. The Balaban J connectivity index is 1.71. The number of allylic oxidation sites excluding steroid dienone is 3. The highest BCUT2D eigenvalue weighted by atomic mass is 32.1. The number of rotatable bonds is 5. The monoisotopic (exact) mass is 356 g/mol. The molecule has 1 aromatic heterocycles. The molecule has 1 aliphatic carbocycles. The van der Waals surface area contributed by atoms with Gasteiger partial charge < -0.3 is 9.64 Å². The molecule has 1 aliphatic rings. The third kappa shape index (κ3) is 4.10. The third-order valence-corrected chi connectivity index (χ3v) is 5.14. The lowest BCUT2D eigenvalue weighted by Gasteiger charge is -2.31. The van der Waals surface area contributed by atoms with Crippen LogP contribution >= 0.6 is 11.3 Å². The smallest absolute Gasteiger partial charge is 0.274 e. The van der Waals surface area contributed by atoms with Gasteiger partial charge in [-0.05, 0) is 43.9 Å². The summed E-state index contributed by atoms with van der Waals surface area (Å²) in [6, 6.07) is 7.87. The van der Waals surface area contributed by atoms with E-state index in [2.05, 4.69) is 37.9 Å². The lowest BCUT2D eigenvalue weighted by molar-refractivity contribution is -0.131. The van der Waals surface area contributed by atoms with E-state index in [1.807, 2.05) is 31.2 Å². The van der Waals surface area contributed by atoms with Gasteiger partial charge >= 0.3 is 0 Å². The van der Waals surface area contributed by atoms with Gasteiger partial charge in [0.15, 0.2) is 6.61 Å². The number of fused-ring (bicyclic) bond motifs is 1. The molecule has 0 saturated carbocycles. The Kier molecular flexibility index (Phi) is 4.95. The fraction of sp³-hybridized carbons (Fsp3) is 0.400. The van der Waals surface area contributed by atoms with Crippen LogP contribution in [0.15, 0.2) is 47.7 Å². The Morgan fingerprint density at radius 2 is 2.12 bits per heavy atom. The van der Waals surface area contributed by atoms with E-state index in [4.69, 9.17) is 4.74 Å². The number of para-hydroxylation sites is 1. The lowest BCUT2D eigenvalue weighted by atomic mass is 9.81. The average molecular weight is 356 g/mol. The number of hydrogen-bond donors (Lipinski definition) is 0. The summed E-state index contributed by atoms with van der Waals surface area (Å²) in [6.45, 7) is 9.11. The first kappa shape index (κ1) is 17.7. The number of aromatic nitrogens is 1. The highest BCUT2D eigenvalue weighted by molar-refractivity contribution is 7.20. The predicted octanol–water partition coefficient (Wildman–Crippen LogP) is 4.78. The molecule has 0 spiro atoms. The maximum Gasteiger partial charge on any atom is 0.274 e. The number of ether oxygens (including phenoxy) is 1. The topological polar surface area (TPSA) is 42.4 Å². The first-order valence-electron chi connectivity index (χ1n) is 8.57. The van der Waals surface area contributed by atoms with Crippen LogP contribution in [-0.4, -0.2) is 28.9 Å². The molecule has 5 heteroatoms. The van der Waals surface area contributed by atoms with Gasteiger partial charge in [0.1, 0.15) is 0 Å². The van der Waals surface area contributed by atoms with E-state index in [9.17, 15) is 4.79 Å². The number of likely N-dealkylation sites (N-methyl/N-ethyl adjacent to an activating group) is 1. The number of thiazole rings is 1. The van der Waals surface area contributed by atoms with Crippen molar-refractivity contribution in [2.24, 2.45) is 5.41 Å². The van der Waals surface area contributed by atoms with Crippen molar-refractivity contribution < 1.29 is 9.53 Å². The molecular formula is C20H24N2O2S. The van der Waals surface area contributed by atoms with Crippen LogP contribution in [0.4, 0.5) is 0 Å². The number of amides is 1. The van der Waals surface area contributed by atoms with Crippen molar-refractivity contribution >= 4 is 27.5 Å². The highest BCUT2D eigenvalue weighted by Gasteiger charge is 2.25. The molecule has 0 aliphatic heterocycles. The molecule has 1 aromatic carbocycles. The maximum absolute atomic E-state index is 12.7. The van der Waals surface area contributed by atoms with Crippen molar-refractivity contribution in [2.45, 2.75) is 34.1 Å². The molecule has 1 heterocycles. The average Bonchev–Trinajstić information content (AvgIpc) is 2.94. The van der Waals surface area contributed by atoms with E-state index in [1.54, 1.807) is 4.90 Å². The standard InChI is InChI=1S/C20H24N2O2S/c1-5-22(15-10-14(2)11-20(3,4)12-15)18(23)13-24-19-21-16-8-6-7-9-17(16)25-19/h6-10,12H,5,11,13H2,1-4H3. The number of nitrogens with zero attached hydrogens (tertiary/aromatic N) is 2. The van der Waals surface area contributed by atoms with Crippen molar-refractivity contribution in [3.63, 3.8) is 0 Å². The van der Waals surface area contributed by atoms with E-state index in [0.29, 0.717) is 11.7 Å². The van der Waals surface area contributed by atoms with Gasteiger partial charge in [0.25, 0.3) is 11.1 Å². The Hall–Kier alpha value is -2.14. The lowest BCUT2D eigenvalue weighted by Crippen LogP contribution is -2.35. The summed E-state index contributed by atoms with van der Waals surface area (Å²) in [6.07, 6.45) is 5.30. The van der Waals surface area contributed by atoms with Gasteiger partial charge in [0.2, 0.25) is 0 Å². The summed E-state index contributed by atoms with van der Waals surface area (Å²) in [7, 11) is 0. The number of carbonyl (C=O) groups is 1. The summed E-state index contributed by atoms with van der Waals surface area (Å²) in [5.74, 6) is -0.0465. The van der Waals surface area contributed by atoms with Crippen LogP contribution in [0.25, 0.3) is 10.2 Å². The van der Waals surface area contributed by atoms with Crippen LogP contribution in [0.3, 0.4) is 0 Å². The number of carbonyl (C=O) groups excluding carboxylic acids is 1. The quantitative estimate of drug-likeness (QED) is 0.774. The van der Waals surface area contributed by atoms with Gasteiger partial charge in [-0.15, -0.1) is 0 Å². The number of hydrogen-bond acceptors (Lipinski definition) is 4. The zero-order chi connectivity index (χ0) is 18.0. The molecule has 0 saturated heterocycles. The Morgan fingerprint density at radius 1 is 1.36 bits per heavy atom. The largest absolute Gasteiger partial charge is 0.460 e. The summed E-state index contributed by atoms with van der Waals surface area (Å²) in [5.41, 5.74) is 3.23. The molecule has 1 amide bonds. The molecule has 2 aromatic rings. The van der Waals surface area contributed by atoms with E-state index < -0.39 is 0 Å². The Morgan fingerprint density at radius 3 is 2.80 bits per heavy atom. The van der Waals surface area contributed by atoms with Gasteiger partial charge in [0.05, 0.1) is 10.2 Å². The molecule has 0 unspecified atom stereocenters. The van der Waals surface area contributed by atoms with Gasteiger partial charge in [-0.2, -0.15) is 0 Å². The van der Waals surface area contributed by atoms with Gasteiger partial charge in [-0.3, -0.25) is 4.79 Å². The minimum absolute atomic E-state index is 0.00167. The predicted molar refractivity (Wildman–Crippen MR) is 103 cm³/mol. The molecule has 0 N–H and O–H groups in total. The van der Waals surface area contributed by atoms with Crippen molar-refractivity contribution in [1.29, 1.82) is 0 Å². The molecule has 0 fully saturated rings. The fourth-order valence-corrected chi connectivity index (χ4v) is 4.10. The van der Waals surface area contributed by atoms with E-state index in [1.165, 1.54) is 16.9 Å². The second kappa shape index (κ2) is 7.00. The molecule has 0 radical (unpaired) electrons. The SMILES string of the molecule is CCN(C(=O)COc1nc2ccccc2s1)C1=CC(C)(C)CC(C)=C1. The molecule has 25 heavy (non-hydrogen) atoms. The highest BCUT2D eigenvalue weighted by Crippen LogP contribution is 2.34. The summed E-state index contributed by atoms with van der Waals surface area (Å²) < 4.78 is 6.74. The first-order valence-corrected chi connectivity index (χ1v) is 9.38. The van der Waals surface area contributed by atoms with Crippen molar-refractivity contribution in [3.05, 3.63) is 47.7 Å². The molecule has 132 valence electrons. The van der Waals surface area contributed by atoms with E-state index in [-0.39, 0.29) is 17.9 Å². The minimum Gasteiger partial charge on any atom is -0.460 e. The van der Waals surface area contributed by atoms with Gasteiger partial charge in [0, 0.05) is 12.2 Å². The fourth-order valence-electron chi connectivity index (χ4n) is 3.29. The zero-order valence-electron chi connectivity index (χ0n) is 15.2. The third-order valence-electron chi connectivity index (χ3n) is 4.19. The molecule has 0 bridgehead atoms. The van der Waals surface area contributed by atoms with E-state index >= 15 is 0 Å². The van der Waals surface area contributed by atoms with E-state index in [0.717, 1.165) is 22.3 Å². The molecule has 0 atom stereocenters. The molecule has 3 rings (SSSR count). The van der Waals surface area contributed by atoms with Crippen molar-refractivity contribution in [1.82, 2.24) is 9.88 Å². The normalized spacial score (nSPS) is 16.3. The van der Waals surface area contributed by atoms with Crippen molar-refractivity contribution in [3.8, 4) is 5.19 Å². The minimum atomic E-state index is -0.0465. The van der Waals surface area contributed by atoms with Crippen LogP contribution < -0.4 is 4.74 Å². The second-order valence-electron chi connectivity index (χ2n) is 7.10. The zero-order valence-corrected chi connectivity index (χ0v) is 16.0. The Labute approximate surface area is 152 Å². The summed E-state index contributed by atoms with van der Waals surface area (Å²) in [5, 5.41) is 0.537. The summed E-state index contributed by atoms with van der Waals surface area (Å²) in [4.78, 5) is 18.9. The Bertz CT molecular complexity index is 815. The van der Waals surface area contributed by atoms with Crippen LogP contribution in [0, 0.1) is 5.41 Å². The first-order chi connectivity index (χ1) is 11.9. The van der Waals surface area contributed by atoms with Gasteiger partial charge in [-0.1, -0.05) is 49.0 Å². The van der Waals surface area contributed by atoms with Crippen LogP contribution in [0.2, 0.25) is 0 Å². The van der Waals surface area contributed by atoms with Gasteiger partial charge in [-0.25, -0.2) is 4.98 Å². The molecule has 4 nitrogen and oxygen atoms in total. The maximum atomic E-state index is 12.7. The van der Waals surface area contributed by atoms with Crippen molar-refractivity contribution in [2.75, 3.05) is 13.2 Å².